The molecule has 9 nitrogen and oxygen atoms in total. The number of hydrogen-bond donors (Lipinski definition) is 2. The lowest BCUT2D eigenvalue weighted by molar-refractivity contribution is -0.122. The maximum atomic E-state index is 12.8. The van der Waals surface area contributed by atoms with E-state index >= 15 is 0 Å². The van der Waals surface area contributed by atoms with Gasteiger partial charge in [0.2, 0.25) is 10.0 Å². The molecule has 2 N–H and O–H groups in total. The molecule has 184 valence electrons. The highest BCUT2D eigenvalue weighted by atomic mass is 35.5. The van der Waals surface area contributed by atoms with Gasteiger partial charge >= 0.3 is 0 Å². The van der Waals surface area contributed by atoms with Gasteiger partial charge in [0, 0.05) is 10.7 Å². The third-order valence-corrected chi connectivity index (χ3v) is 8.13. The van der Waals surface area contributed by atoms with Crippen LogP contribution in [-0.2, 0) is 24.8 Å². The number of fused-ring (bicyclic) bond motifs is 1. The van der Waals surface area contributed by atoms with Crippen molar-refractivity contribution in [2.45, 2.75) is 11.0 Å². The number of benzene rings is 3. The normalized spacial score (nSPS) is 15.6. The number of ether oxygens (including phenoxy) is 1. The van der Waals surface area contributed by atoms with Gasteiger partial charge in [-0.15, -0.1) is 0 Å². The molecular weight excluding hydrogens is 537 g/mol. The molecule has 0 aromatic heterocycles. The zero-order chi connectivity index (χ0) is 25.4. The predicted molar refractivity (Wildman–Crippen MR) is 135 cm³/mol. The zero-order valence-corrected chi connectivity index (χ0v) is 21.2. The Labute approximate surface area is 212 Å². The number of halogens is 2. The van der Waals surface area contributed by atoms with Crippen molar-refractivity contribution in [3.63, 3.8) is 0 Å². The third-order valence-electron chi connectivity index (χ3n) is 5.03. The first kappa shape index (κ1) is 25.1. The van der Waals surface area contributed by atoms with Gasteiger partial charge < -0.3 is 10.1 Å². The Balaban J connectivity index is 1.49. The Morgan fingerprint density at radius 1 is 1.00 bits per heavy atom. The van der Waals surface area contributed by atoms with Crippen LogP contribution < -0.4 is 19.1 Å². The van der Waals surface area contributed by atoms with Gasteiger partial charge in [-0.05, 0) is 54.6 Å². The van der Waals surface area contributed by atoms with Crippen LogP contribution >= 0.6 is 23.2 Å². The highest BCUT2D eigenvalue weighted by Gasteiger charge is 2.35. The third kappa shape index (κ3) is 5.64. The first-order chi connectivity index (χ1) is 16.4. The van der Waals surface area contributed by atoms with Gasteiger partial charge in [0.1, 0.15) is 5.75 Å². The van der Waals surface area contributed by atoms with Crippen molar-refractivity contribution in [1.82, 2.24) is 0 Å². The van der Waals surface area contributed by atoms with Crippen molar-refractivity contribution in [3.05, 3.63) is 76.8 Å². The molecule has 4 rings (SSSR count). The van der Waals surface area contributed by atoms with Crippen molar-refractivity contribution < 1.29 is 26.4 Å². The SMILES string of the molecule is CS(=O)(=O)N1C[C@H](C(=O)Nc2ccc(S(=O)(=O)Nc3ccccc3Cl)cc2)Oc2ccc(Cl)cc21. The molecule has 0 saturated carbocycles. The topological polar surface area (TPSA) is 122 Å². The molecular formula is C22H19Cl2N3O6S2. The average molecular weight is 556 g/mol. The lowest BCUT2D eigenvalue weighted by atomic mass is 10.2. The number of sulfonamides is 2. The second-order valence-electron chi connectivity index (χ2n) is 7.61. The molecule has 0 saturated heterocycles. The van der Waals surface area contributed by atoms with Crippen LogP contribution in [0.5, 0.6) is 5.75 Å². The van der Waals surface area contributed by atoms with Crippen molar-refractivity contribution >= 4 is 66.2 Å². The summed E-state index contributed by atoms with van der Waals surface area (Å²) in [5, 5.41) is 3.19. The Morgan fingerprint density at radius 3 is 2.34 bits per heavy atom. The quantitative estimate of drug-likeness (QED) is 0.474. The van der Waals surface area contributed by atoms with Gasteiger partial charge in [-0.25, -0.2) is 16.8 Å². The van der Waals surface area contributed by atoms with E-state index in [1.807, 2.05) is 0 Å². The minimum absolute atomic E-state index is 0.0432. The van der Waals surface area contributed by atoms with Crippen molar-refractivity contribution in [1.29, 1.82) is 0 Å². The van der Waals surface area contributed by atoms with Gasteiger partial charge in [0.25, 0.3) is 15.9 Å². The van der Waals surface area contributed by atoms with E-state index < -0.39 is 32.1 Å². The number of para-hydroxylation sites is 1. The van der Waals surface area contributed by atoms with E-state index in [0.29, 0.717) is 10.7 Å². The van der Waals surface area contributed by atoms with E-state index in [4.69, 9.17) is 27.9 Å². The summed E-state index contributed by atoms with van der Waals surface area (Å²) in [4.78, 5) is 12.8. The first-order valence-electron chi connectivity index (χ1n) is 10.1. The number of anilines is 3. The summed E-state index contributed by atoms with van der Waals surface area (Å²) in [6, 6.07) is 16.3. The summed E-state index contributed by atoms with van der Waals surface area (Å²) in [5.74, 6) is -0.414. The Bertz CT molecular complexity index is 1500. The molecule has 0 fully saturated rings. The maximum Gasteiger partial charge on any atom is 0.267 e. The molecule has 1 atom stereocenters. The van der Waals surface area contributed by atoms with Gasteiger partial charge in [0.15, 0.2) is 6.10 Å². The molecule has 1 amide bonds. The monoisotopic (exact) mass is 555 g/mol. The largest absolute Gasteiger partial charge is 0.476 e. The highest BCUT2D eigenvalue weighted by Crippen LogP contribution is 2.37. The van der Waals surface area contributed by atoms with Gasteiger partial charge in [-0.2, -0.15) is 0 Å². The number of rotatable bonds is 6. The summed E-state index contributed by atoms with van der Waals surface area (Å²) in [7, 11) is -7.63. The van der Waals surface area contributed by atoms with Crippen LogP contribution in [0.15, 0.2) is 71.6 Å². The fourth-order valence-corrected chi connectivity index (χ4v) is 5.75. The van der Waals surface area contributed by atoms with E-state index in [1.54, 1.807) is 18.2 Å². The molecule has 35 heavy (non-hydrogen) atoms. The molecule has 0 radical (unpaired) electrons. The average Bonchev–Trinajstić information content (AvgIpc) is 2.79. The summed E-state index contributed by atoms with van der Waals surface area (Å²) >= 11 is 12.0. The fraction of sp³-hybridized carbons (Fsp3) is 0.136. The molecule has 13 heteroatoms. The van der Waals surface area contributed by atoms with Crippen LogP contribution in [0.4, 0.5) is 17.1 Å². The number of carbonyl (C=O) groups excluding carboxylic acids is 1. The number of amides is 1. The Kier molecular flexibility index (Phi) is 6.87. The van der Waals surface area contributed by atoms with Crippen molar-refractivity contribution in [3.8, 4) is 5.75 Å². The standard InChI is InChI=1S/C22H19Cl2N3O6S2/c1-34(29,30)27-13-21(33-20-11-6-14(23)12-19(20)27)22(28)25-15-7-9-16(10-8-15)35(31,32)26-18-5-3-2-4-17(18)24/h2-12,21,26H,13H2,1H3,(H,25,28)/t21-/m1/s1. The minimum Gasteiger partial charge on any atom is -0.476 e. The lowest BCUT2D eigenvalue weighted by Gasteiger charge is -2.34. The van der Waals surface area contributed by atoms with E-state index in [0.717, 1.165) is 10.6 Å². The van der Waals surface area contributed by atoms with Crippen molar-refractivity contribution in [2.24, 2.45) is 0 Å². The molecule has 1 heterocycles. The van der Waals surface area contributed by atoms with Crippen molar-refractivity contribution in [2.75, 3.05) is 27.1 Å². The molecule has 0 aliphatic carbocycles. The molecule has 0 bridgehead atoms. The van der Waals surface area contributed by atoms with E-state index in [-0.39, 0.29) is 33.6 Å². The summed E-state index contributed by atoms with van der Waals surface area (Å²) < 4.78 is 59.1. The predicted octanol–water partition coefficient (Wildman–Crippen LogP) is 3.96. The van der Waals surface area contributed by atoms with Gasteiger partial charge in [0.05, 0.1) is 34.1 Å². The Hall–Kier alpha value is -2.99. The van der Waals surface area contributed by atoms with E-state index in [2.05, 4.69) is 10.0 Å². The molecule has 0 spiro atoms. The summed E-state index contributed by atoms with van der Waals surface area (Å²) in [6.45, 7) is -0.258. The summed E-state index contributed by atoms with van der Waals surface area (Å²) in [5.41, 5.74) is 0.769. The van der Waals surface area contributed by atoms with Crippen LogP contribution in [0.1, 0.15) is 0 Å². The first-order valence-corrected chi connectivity index (χ1v) is 14.1. The second kappa shape index (κ2) is 9.57. The number of nitrogens with zero attached hydrogens (tertiary/aromatic N) is 1. The minimum atomic E-state index is -3.92. The number of carbonyl (C=O) groups is 1. The highest BCUT2D eigenvalue weighted by molar-refractivity contribution is 7.92. The maximum absolute atomic E-state index is 12.8. The van der Waals surface area contributed by atoms with Crippen LogP contribution in [0.25, 0.3) is 0 Å². The van der Waals surface area contributed by atoms with Crippen LogP contribution in [-0.4, -0.2) is 41.6 Å². The molecule has 0 unspecified atom stereocenters. The number of hydrogen-bond acceptors (Lipinski definition) is 6. The molecule has 3 aromatic carbocycles. The van der Waals surface area contributed by atoms with E-state index in [1.165, 1.54) is 48.5 Å². The van der Waals surface area contributed by atoms with Crippen LogP contribution in [0.3, 0.4) is 0 Å². The van der Waals surface area contributed by atoms with Gasteiger partial charge in [-0.1, -0.05) is 35.3 Å². The molecule has 1 aliphatic heterocycles. The smallest absolute Gasteiger partial charge is 0.267 e. The second-order valence-corrected chi connectivity index (χ2v) is 12.0. The lowest BCUT2D eigenvalue weighted by Crippen LogP contribution is -2.48. The summed E-state index contributed by atoms with van der Waals surface area (Å²) in [6.07, 6.45) is -0.128. The van der Waals surface area contributed by atoms with Crippen LogP contribution in [0, 0.1) is 0 Å². The van der Waals surface area contributed by atoms with Gasteiger partial charge in [-0.3, -0.25) is 13.8 Å². The molecule has 1 aliphatic rings. The molecule has 3 aromatic rings. The zero-order valence-electron chi connectivity index (χ0n) is 18.1. The van der Waals surface area contributed by atoms with Crippen LogP contribution in [0.2, 0.25) is 10.0 Å². The number of nitrogens with one attached hydrogen (secondary N) is 2. The van der Waals surface area contributed by atoms with E-state index in [9.17, 15) is 21.6 Å². The fourth-order valence-electron chi connectivity index (χ4n) is 3.36. The Morgan fingerprint density at radius 2 is 1.69 bits per heavy atom.